The van der Waals surface area contributed by atoms with Gasteiger partial charge in [-0.15, -0.1) is 0 Å². The molecule has 1 aromatic carbocycles. The van der Waals surface area contributed by atoms with Crippen molar-refractivity contribution in [2.24, 2.45) is 0 Å². The van der Waals surface area contributed by atoms with Gasteiger partial charge in [0.15, 0.2) is 5.72 Å². The zero-order chi connectivity index (χ0) is 11.1. The van der Waals surface area contributed by atoms with E-state index >= 15 is 0 Å². The molecule has 2 rings (SSSR count). The van der Waals surface area contributed by atoms with E-state index < -0.39 is 5.72 Å². The molecule has 1 unspecified atom stereocenters. The van der Waals surface area contributed by atoms with Crippen molar-refractivity contribution in [3.05, 3.63) is 46.0 Å². The third-order valence-corrected chi connectivity index (χ3v) is 3.01. The summed E-state index contributed by atoms with van der Waals surface area (Å²) < 4.78 is 0.931. The number of halogens is 1. The van der Waals surface area contributed by atoms with Crippen LogP contribution in [-0.2, 0) is 10.5 Å². The van der Waals surface area contributed by atoms with Gasteiger partial charge in [-0.25, -0.2) is 0 Å². The second-order valence-electron chi connectivity index (χ2n) is 3.53. The molecule has 78 valence electrons. The molecule has 0 radical (unpaired) electrons. The van der Waals surface area contributed by atoms with Crippen LogP contribution in [0, 0.1) is 0 Å². The molecule has 1 amide bonds. The minimum atomic E-state index is -1.35. The van der Waals surface area contributed by atoms with Crippen LogP contribution in [0.25, 0.3) is 0 Å². The van der Waals surface area contributed by atoms with Crippen LogP contribution in [-0.4, -0.2) is 11.0 Å². The van der Waals surface area contributed by atoms with Crippen molar-refractivity contribution in [2.45, 2.75) is 12.6 Å². The molecule has 0 saturated carbocycles. The van der Waals surface area contributed by atoms with Crippen molar-refractivity contribution >= 4 is 21.8 Å². The molecule has 15 heavy (non-hydrogen) atoms. The van der Waals surface area contributed by atoms with Gasteiger partial charge < -0.3 is 10.4 Å². The topological polar surface area (TPSA) is 49.3 Å². The molecule has 1 aliphatic heterocycles. The number of hydrogen-bond acceptors (Lipinski definition) is 2. The van der Waals surface area contributed by atoms with Crippen LogP contribution in [0.1, 0.15) is 12.5 Å². The molecule has 0 spiro atoms. The van der Waals surface area contributed by atoms with Gasteiger partial charge in [0.2, 0.25) is 5.91 Å². The molecule has 3 nitrogen and oxygen atoms in total. The summed E-state index contributed by atoms with van der Waals surface area (Å²) >= 11 is 3.32. The van der Waals surface area contributed by atoms with Crippen molar-refractivity contribution in [1.82, 2.24) is 5.32 Å². The smallest absolute Gasteiger partial charge is 0.246 e. The van der Waals surface area contributed by atoms with E-state index in [1.54, 1.807) is 19.1 Å². The average Bonchev–Trinajstić information content (AvgIpc) is 2.42. The van der Waals surface area contributed by atoms with Gasteiger partial charge in [-0.2, -0.15) is 0 Å². The first-order valence-electron chi connectivity index (χ1n) is 4.52. The van der Waals surface area contributed by atoms with Crippen LogP contribution >= 0.6 is 15.9 Å². The Balaban J connectivity index is 2.43. The van der Waals surface area contributed by atoms with Crippen molar-refractivity contribution in [3.63, 3.8) is 0 Å². The van der Waals surface area contributed by atoms with Gasteiger partial charge in [-0.1, -0.05) is 28.1 Å². The second kappa shape index (κ2) is 3.47. The summed E-state index contributed by atoms with van der Waals surface area (Å²) in [7, 11) is 0. The minimum absolute atomic E-state index is 0.266. The first-order valence-corrected chi connectivity index (χ1v) is 5.31. The summed E-state index contributed by atoms with van der Waals surface area (Å²) in [5.74, 6) is -0.266. The Morgan fingerprint density at radius 2 is 1.93 bits per heavy atom. The highest BCUT2D eigenvalue weighted by molar-refractivity contribution is 9.10. The third-order valence-electron chi connectivity index (χ3n) is 2.48. The van der Waals surface area contributed by atoms with Crippen molar-refractivity contribution in [1.29, 1.82) is 0 Å². The van der Waals surface area contributed by atoms with Crippen LogP contribution in [0.3, 0.4) is 0 Å². The molecular formula is C11H10BrNO2. The highest BCUT2D eigenvalue weighted by Gasteiger charge is 2.37. The number of amides is 1. The summed E-state index contributed by atoms with van der Waals surface area (Å²) in [6.45, 7) is 1.72. The van der Waals surface area contributed by atoms with Crippen LogP contribution in [0.2, 0.25) is 0 Å². The van der Waals surface area contributed by atoms with E-state index in [1.807, 2.05) is 12.1 Å². The quantitative estimate of drug-likeness (QED) is 0.814. The van der Waals surface area contributed by atoms with Gasteiger partial charge in [-0.05, 0) is 24.6 Å². The fourth-order valence-corrected chi connectivity index (χ4v) is 1.87. The van der Waals surface area contributed by atoms with Crippen molar-refractivity contribution in [2.75, 3.05) is 0 Å². The first kappa shape index (κ1) is 10.4. The molecule has 1 heterocycles. The van der Waals surface area contributed by atoms with Gasteiger partial charge in [-0.3, -0.25) is 4.79 Å². The molecule has 1 aliphatic rings. The Morgan fingerprint density at radius 3 is 2.40 bits per heavy atom. The van der Waals surface area contributed by atoms with E-state index in [9.17, 15) is 9.90 Å². The number of aliphatic hydroxyl groups is 1. The summed E-state index contributed by atoms with van der Waals surface area (Å²) in [6, 6.07) is 7.19. The van der Waals surface area contributed by atoms with Gasteiger partial charge in [0.1, 0.15) is 0 Å². The first-order chi connectivity index (χ1) is 7.02. The summed E-state index contributed by atoms with van der Waals surface area (Å²) in [5.41, 5.74) is -0.0854. The Morgan fingerprint density at radius 1 is 1.33 bits per heavy atom. The summed E-state index contributed by atoms with van der Waals surface area (Å²) in [6.07, 6.45) is 1.40. The predicted molar refractivity (Wildman–Crippen MR) is 59.9 cm³/mol. The number of rotatable bonds is 1. The third kappa shape index (κ3) is 1.70. The van der Waals surface area contributed by atoms with Crippen molar-refractivity contribution < 1.29 is 9.90 Å². The maximum absolute atomic E-state index is 11.2. The molecule has 0 bridgehead atoms. The zero-order valence-electron chi connectivity index (χ0n) is 8.12. The maximum atomic E-state index is 11.2. The lowest BCUT2D eigenvalue weighted by Crippen LogP contribution is -2.41. The van der Waals surface area contributed by atoms with E-state index in [2.05, 4.69) is 21.2 Å². The standard InChI is InChI=1S/C11H10BrNO2/c1-7-6-10(14)13-11(7,15)8-2-4-9(12)5-3-8/h2-6,15H,1H3,(H,13,14). The van der Waals surface area contributed by atoms with E-state index in [0.29, 0.717) is 11.1 Å². The summed E-state index contributed by atoms with van der Waals surface area (Å²) in [5, 5.41) is 12.8. The maximum Gasteiger partial charge on any atom is 0.246 e. The average molecular weight is 268 g/mol. The van der Waals surface area contributed by atoms with Crippen LogP contribution in [0.4, 0.5) is 0 Å². The summed E-state index contributed by atoms with van der Waals surface area (Å²) in [4.78, 5) is 11.2. The molecule has 1 aromatic rings. The number of carbonyl (C=O) groups excluding carboxylic acids is 1. The Labute approximate surface area is 95.9 Å². The van der Waals surface area contributed by atoms with Gasteiger partial charge >= 0.3 is 0 Å². The minimum Gasteiger partial charge on any atom is -0.363 e. The van der Waals surface area contributed by atoms with E-state index in [1.165, 1.54) is 6.08 Å². The fraction of sp³-hybridized carbons (Fsp3) is 0.182. The molecule has 2 N–H and O–H groups in total. The lowest BCUT2D eigenvalue weighted by atomic mass is 9.98. The van der Waals surface area contributed by atoms with Gasteiger partial charge in [0.05, 0.1) is 0 Å². The lowest BCUT2D eigenvalue weighted by Gasteiger charge is -2.25. The normalized spacial score (nSPS) is 25.0. The molecular weight excluding hydrogens is 258 g/mol. The van der Waals surface area contributed by atoms with E-state index in [4.69, 9.17) is 0 Å². The molecule has 4 heteroatoms. The Bertz CT molecular complexity index is 438. The van der Waals surface area contributed by atoms with E-state index in [0.717, 1.165) is 4.47 Å². The molecule has 0 saturated heterocycles. The Hall–Kier alpha value is -1.13. The number of benzene rings is 1. The van der Waals surface area contributed by atoms with Gasteiger partial charge in [0.25, 0.3) is 0 Å². The number of nitrogens with one attached hydrogen (secondary N) is 1. The van der Waals surface area contributed by atoms with Crippen LogP contribution < -0.4 is 5.32 Å². The molecule has 0 aromatic heterocycles. The second-order valence-corrected chi connectivity index (χ2v) is 4.45. The SMILES string of the molecule is CC1=CC(=O)NC1(O)c1ccc(Br)cc1. The fourth-order valence-electron chi connectivity index (χ4n) is 1.60. The largest absolute Gasteiger partial charge is 0.363 e. The number of hydrogen-bond donors (Lipinski definition) is 2. The van der Waals surface area contributed by atoms with E-state index in [-0.39, 0.29) is 5.91 Å². The van der Waals surface area contributed by atoms with Gasteiger partial charge in [0, 0.05) is 16.1 Å². The van der Waals surface area contributed by atoms with Crippen LogP contribution in [0.15, 0.2) is 40.4 Å². The van der Waals surface area contributed by atoms with Crippen molar-refractivity contribution in [3.8, 4) is 0 Å². The predicted octanol–water partition coefficient (Wildman–Crippen LogP) is 1.67. The molecule has 0 fully saturated rings. The zero-order valence-corrected chi connectivity index (χ0v) is 9.71. The Kier molecular flexibility index (Phi) is 2.40. The van der Waals surface area contributed by atoms with Crippen LogP contribution in [0.5, 0.6) is 0 Å². The monoisotopic (exact) mass is 267 g/mol. The molecule has 0 aliphatic carbocycles. The highest BCUT2D eigenvalue weighted by Crippen LogP contribution is 2.30. The lowest BCUT2D eigenvalue weighted by molar-refractivity contribution is -0.120. The molecule has 1 atom stereocenters. The highest BCUT2D eigenvalue weighted by atomic mass is 79.9. The number of carbonyl (C=O) groups is 1.